The number of hydrogen-bond acceptors (Lipinski definition) is 3. The molecule has 2 rings (SSSR count). The molecule has 1 aliphatic heterocycles. The molecular weight excluding hydrogens is 194 g/mol. The number of hydrogen-bond donors (Lipinski definition) is 3. The number of carboxylic acids is 1. The normalized spacial score (nSPS) is 19.6. The molecule has 0 spiro atoms. The molecule has 0 aromatic heterocycles. The van der Waals surface area contributed by atoms with Crippen LogP contribution >= 0.6 is 0 Å². The van der Waals surface area contributed by atoms with E-state index in [1.165, 1.54) is 0 Å². The standard InChI is InChI=1S/C11H13NO3/c13-9-1-2-10-7(3-9)5-12-6-8(10)4-11(14)15/h1-3,8,12-13H,4-6H2,(H,14,15). The van der Waals surface area contributed by atoms with Crippen molar-refractivity contribution in [1.29, 1.82) is 0 Å². The van der Waals surface area contributed by atoms with Gasteiger partial charge in [0.05, 0.1) is 6.42 Å². The third kappa shape index (κ3) is 2.10. The minimum Gasteiger partial charge on any atom is -0.508 e. The average Bonchev–Trinajstić information content (AvgIpc) is 2.16. The fourth-order valence-electron chi connectivity index (χ4n) is 2.03. The third-order valence-corrected chi connectivity index (χ3v) is 2.69. The topological polar surface area (TPSA) is 69.6 Å². The Labute approximate surface area is 87.6 Å². The molecular formula is C11H13NO3. The molecule has 0 bridgehead atoms. The molecule has 1 unspecified atom stereocenters. The number of carbonyl (C=O) groups is 1. The number of aliphatic carboxylic acids is 1. The summed E-state index contributed by atoms with van der Waals surface area (Å²) in [7, 11) is 0. The summed E-state index contributed by atoms with van der Waals surface area (Å²) in [5.41, 5.74) is 2.03. The van der Waals surface area contributed by atoms with E-state index in [2.05, 4.69) is 5.32 Å². The van der Waals surface area contributed by atoms with Gasteiger partial charge in [0.1, 0.15) is 5.75 Å². The van der Waals surface area contributed by atoms with Crippen LogP contribution in [0.25, 0.3) is 0 Å². The monoisotopic (exact) mass is 207 g/mol. The van der Waals surface area contributed by atoms with Gasteiger partial charge in [-0.2, -0.15) is 0 Å². The third-order valence-electron chi connectivity index (χ3n) is 2.69. The Hall–Kier alpha value is -1.55. The van der Waals surface area contributed by atoms with E-state index in [0.717, 1.165) is 11.1 Å². The van der Waals surface area contributed by atoms with Gasteiger partial charge in [-0.05, 0) is 23.3 Å². The predicted molar refractivity (Wildman–Crippen MR) is 54.8 cm³/mol. The number of fused-ring (bicyclic) bond motifs is 1. The van der Waals surface area contributed by atoms with Crippen molar-refractivity contribution in [2.45, 2.75) is 18.9 Å². The Morgan fingerprint density at radius 3 is 3.07 bits per heavy atom. The van der Waals surface area contributed by atoms with E-state index >= 15 is 0 Å². The Morgan fingerprint density at radius 1 is 1.53 bits per heavy atom. The van der Waals surface area contributed by atoms with Crippen LogP contribution in [0.4, 0.5) is 0 Å². The lowest BCUT2D eigenvalue weighted by molar-refractivity contribution is -0.137. The molecule has 80 valence electrons. The Kier molecular flexibility index (Phi) is 2.60. The number of phenolic OH excluding ortho intramolecular Hbond substituents is 1. The predicted octanol–water partition coefficient (Wildman–Crippen LogP) is 1.05. The van der Waals surface area contributed by atoms with Crippen LogP contribution < -0.4 is 5.32 Å². The molecule has 0 radical (unpaired) electrons. The van der Waals surface area contributed by atoms with Crippen molar-refractivity contribution in [3.05, 3.63) is 29.3 Å². The highest BCUT2D eigenvalue weighted by atomic mass is 16.4. The first-order valence-electron chi connectivity index (χ1n) is 4.91. The lowest BCUT2D eigenvalue weighted by atomic mass is 9.88. The van der Waals surface area contributed by atoms with Crippen molar-refractivity contribution in [1.82, 2.24) is 5.32 Å². The van der Waals surface area contributed by atoms with Gasteiger partial charge in [-0.3, -0.25) is 4.79 Å². The molecule has 0 amide bonds. The Morgan fingerprint density at radius 2 is 2.33 bits per heavy atom. The highest BCUT2D eigenvalue weighted by Gasteiger charge is 2.22. The van der Waals surface area contributed by atoms with Crippen LogP contribution in [0.1, 0.15) is 23.5 Å². The van der Waals surface area contributed by atoms with Gasteiger partial charge in [0, 0.05) is 19.0 Å². The van der Waals surface area contributed by atoms with Crippen LogP contribution in [0.3, 0.4) is 0 Å². The Balaban J connectivity index is 2.30. The van der Waals surface area contributed by atoms with E-state index in [4.69, 9.17) is 5.11 Å². The average molecular weight is 207 g/mol. The van der Waals surface area contributed by atoms with Crippen molar-refractivity contribution < 1.29 is 15.0 Å². The second-order valence-corrected chi connectivity index (χ2v) is 3.81. The first-order chi connectivity index (χ1) is 7.16. The lowest BCUT2D eigenvalue weighted by Crippen LogP contribution is -2.29. The van der Waals surface area contributed by atoms with Crippen molar-refractivity contribution in [3.63, 3.8) is 0 Å². The van der Waals surface area contributed by atoms with E-state index in [-0.39, 0.29) is 18.1 Å². The summed E-state index contributed by atoms with van der Waals surface area (Å²) < 4.78 is 0. The van der Waals surface area contributed by atoms with Gasteiger partial charge in [-0.1, -0.05) is 6.07 Å². The Bertz CT molecular complexity index is 389. The first kappa shape index (κ1) is 9.98. The minimum atomic E-state index is -0.789. The highest BCUT2D eigenvalue weighted by Crippen LogP contribution is 2.29. The molecule has 0 saturated carbocycles. The molecule has 0 aliphatic carbocycles. The van der Waals surface area contributed by atoms with Crippen LogP contribution in [-0.4, -0.2) is 22.7 Å². The minimum absolute atomic E-state index is 0.00634. The molecule has 1 aromatic rings. The number of phenols is 1. The van der Waals surface area contributed by atoms with Gasteiger partial charge in [-0.15, -0.1) is 0 Å². The van der Waals surface area contributed by atoms with Gasteiger partial charge < -0.3 is 15.5 Å². The van der Waals surface area contributed by atoms with E-state index in [1.54, 1.807) is 12.1 Å². The molecule has 3 N–H and O–H groups in total. The zero-order valence-electron chi connectivity index (χ0n) is 8.23. The summed E-state index contributed by atoms with van der Waals surface area (Å²) >= 11 is 0. The molecule has 0 saturated heterocycles. The summed E-state index contributed by atoms with van der Waals surface area (Å²) in [5.74, 6) is -0.555. The van der Waals surface area contributed by atoms with Crippen LogP contribution in [-0.2, 0) is 11.3 Å². The molecule has 15 heavy (non-hydrogen) atoms. The summed E-state index contributed by atoms with van der Waals surface area (Å²) in [6.07, 6.45) is 0.130. The fourth-order valence-corrected chi connectivity index (χ4v) is 2.03. The smallest absolute Gasteiger partial charge is 0.304 e. The highest BCUT2D eigenvalue weighted by molar-refractivity contribution is 5.68. The number of aromatic hydroxyl groups is 1. The van der Waals surface area contributed by atoms with Crippen LogP contribution in [0.5, 0.6) is 5.75 Å². The second-order valence-electron chi connectivity index (χ2n) is 3.81. The van der Waals surface area contributed by atoms with Crippen molar-refractivity contribution in [2.24, 2.45) is 0 Å². The molecule has 0 fully saturated rings. The number of carboxylic acid groups (broad SMARTS) is 1. The number of nitrogens with one attached hydrogen (secondary N) is 1. The maximum absolute atomic E-state index is 10.7. The maximum Gasteiger partial charge on any atom is 0.304 e. The summed E-state index contributed by atoms with van der Waals surface area (Å²) in [5, 5.41) is 21.2. The quantitative estimate of drug-likeness (QED) is 0.678. The number of rotatable bonds is 2. The molecule has 1 aromatic carbocycles. The van der Waals surface area contributed by atoms with E-state index < -0.39 is 5.97 Å². The zero-order valence-corrected chi connectivity index (χ0v) is 8.23. The summed E-state index contributed by atoms with van der Waals surface area (Å²) in [6, 6.07) is 5.12. The van der Waals surface area contributed by atoms with Gasteiger partial charge in [0.25, 0.3) is 0 Å². The van der Waals surface area contributed by atoms with Crippen molar-refractivity contribution >= 4 is 5.97 Å². The zero-order chi connectivity index (χ0) is 10.8. The van der Waals surface area contributed by atoms with Crippen LogP contribution in [0.15, 0.2) is 18.2 Å². The van der Waals surface area contributed by atoms with Crippen LogP contribution in [0.2, 0.25) is 0 Å². The van der Waals surface area contributed by atoms with Gasteiger partial charge in [0.15, 0.2) is 0 Å². The van der Waals surface area contributed by atoms with Gasteiger partial charge >= 0.3 is 5.97 Å². The molecule has 4 nitrogen and oxygen atoms in total. The van der Waals surface area contributed by atoms with Crippen LogP contribution in [0, 0.1) is 0 Å². The molecule has 1 heterocycles. The van der Waals surface area contributed by atoms with E-state index in [0.29, 0.717) is 13.1 Å². The summed E-state index contributed by atoms with van der Waals surface area (Å²) in [6.45, 7) is 1.38. The van der Waals surface area contributed by atoms with Crippen molar-refractivity contribution in [3.8, 4) is 5.75 Å². The largest absolute Gasteiger partial charge is 0.508 e. The molecule has 1 aliphatic rings. The van der Waals surface area contributed by atoms with Gasteiger partial charge in [-0.25, -0.2) is 0 Å². The lowest BCUT2D eigenvalue weighted by Gasteiger charge is -2.25. The van der Waals surface area contributed by atoms with E-state index in [1.807, 2.05) is 6.07 Å². The second kappa shape index (κ2) is 3.90. The first-order valence-corrected chi connectivity index (χ1v) is 4.91. The van der Waals surface area contributed by atoms with E-state index in [9.17, 15) is 9.90 Å². The van der Waals surface area contributed by atoms with Crippen molar-refractivity contribution in [2.75, 3.05) is 6.54 Å². The van der Waals surface area contributed by atoms with Gasteiger partial charge in [0.2, 0.25) is 0 Å². The molecule has 1 atom stereocenters. The SMILES string of the molecule is O=C(O)CC1CNCc2cc(O)ccc21. The number of benzene rings is 1. The fraction of sp³-hybridized carbons (Fsp3) is 0.364. The maximum atomic E-state index is 10.7. The molecule has 4 heteroatoms. The summed E-state index contributed by atoms with van der Waals surface area (Å²) in [4.78, 5) is 10.7.